The average Bonchev–Trinajstić information content (AvgIpc) is 2.49. The van der Waals surface area contributed by atoms with Crippen molar-refractivity contribution in [3.8, 4) is 0 Å². The minimum Gasteiger partial charge on any atom is -0.293 e. The van der Waals surface area contributed by atoms with Crippen molar-refractivity contribution in [2.45, 2.75) is 33.6 Å². The number of pyridine rings is 1. The molecule has 21 heavy (non-hydrogen) atoms. The van der Waals surface area contributed by atoms with Crippen molar-refractivity contribution < 1.29 is 4.79 Å². The Labute approximate surface area is 125 Å². The number of benzene rings is 1. The van der Waals surface area contributed by atoms with E-state index in [1.807, 2.05) is 31.2 Å². The van der Waals surface area contributed by atoms with Gasteiger partial charge in [0.15, 0.2) is 5.78 Å². The molecule has 0 saturated carbocycles. The van der Waals surface area contributed by atoms with Crippen molar-refractivity contribution in [3.63, 3.8) is 0 Å². The number of rotatable bonds is 5. The van der Waals surface area contributed by atoms with E-state index in [0.717, 1.165) is 29.9 Å². The van der Waals surface area contributed by atoms with Crippen LogP contribution in [0.25, 0.3) is 0 Å². The molecule has 0 aliphatic rings. The normalized spacial score (nSPS) is 11.5. The summed E-state index contributed by atoms with van der Waals surface area (Å²) in [5.74, 6) is -0.0337. The van der Waals surface area contributed by atoms with Crippen LogP contribution in [0, 0.1) is 0 Å². The molecule has 0 saturated heterocycles. The first-order chi connectivity index (χ1) is 10.1. The summed E-state index contributed by atoms with van der Waals surface area (Å²) >= 11 is 0. The zero-order valence-electron chi connectivity index (χ0n) is 12.8. The van der Waals surface area contributed by atoms with Gasteiger partial charge in [0.05, 0.1) is 17.1 Å². The molecule has 0 amide bonds. The summed E-state index contributed by atoms with van der Waals surface area (Å²) in [6.07, 6.45) is 2.23. The van der Waals surface area contributed by atoms with Crippen molar-refractivity contribution in [1.29, 1.82) is 0 Å². The highest BCUT2D eigenvalue weighted by molar-refractivity contribution is 6.00. The van der Waals surface area contributed by atoms with Gasteiger partial charge in [0, 0.05) is 6.92 Å². The molecule has 0 N–H and O–H groups in total. The molecule has 0 bridgehead atoms. The van der Waals surface area contributed by atoms with Crippen LogP contribution in [-0.4, -0.2) is 16.5 Å². The predicted octanol–water partition coefficient (Wildman–Crippen LogP) is 4.38. The Kier molecular flexibility index (Phi) is 4.99. The number of ketones is 1. The van der Waals surface area contributed by atoms with Crippen molar-refractivity contribution in [1.82, 2.24) is 4.98 Å². The molecule has 0 unspecified atom stereocenters. The Bertz CT molecular complexity index is 657. The van der Waals surface area contributed by atoms with Gasteiger partial charge >= 0.3 is 0 Å². The third kappa shape index (κ3) is 4.09. The first-order valence-corrected chi connectivity index (χ1v) is 7.22. The second kappa shape index (κ2) is 6.93. The van der Waals surface area contributed by atoms with E-state index in [2.05, 4.69) is 29.0 Å². The van der Waals surface area contributed by atoms with Gasteiger partial charge in [0.25, 0.3) is 0 Å². The fourth-order valence-corrected chi connectivity index (χ4v) is 2.11. The van der Waals surface area contributed by atoms with Gasteiger partial charge in [0.1, 0.15) is 5.69 Å². The van der Waals surface area contributed by atoms with E-state index >= 15 is 0 Å². The van der Waals surface area contributed by atoms with Crippen LogP contribution in [0.15, 0.2) is 47.5 Å². The van der Waals surface area contributed by atoms with Crippen LogP contribution in [0.5, 0.6) is 0 Å². The van der Waals surface area contributed by atoms with Crippen molar-refractivity contribution in [2.24, 2.45) is 4.99 Å². The van der Waals surface area contributed by atoms with Crippen molar-refractivity contribution in [3.05, 3.63) is 59.4 Å². The molecule has 108 valence electrons. The predicted molar refractivity (Wildman–Crippen MR) is 86.5 cm³/mol. The van der Waals surface area contributed by atoms with Gasteiger partial charge in [-0.05, 0) is 43.2 Å². The second-order valence-corrected chi connectivity index (χ2v) is 5.08. The van der Waals surface area contributed by atoms with Gasteiger partial charge in [-0.1, -0.05) is 31.5 Å². The Morgan fingerprint density at radius 3 is 2.33 bits per heavy atom. The maximum Gasteiger partial charge on any atom is 0.178 e. The highest BCUT2D eigenvalue weighted by Crippen LogP contribution is 2.16. The number of aryl methyl sites for hydroxylation is 1. The minimum absolute atomic E-state index is 0.0337. The molecule has 1 heterocycles. The lowest BCUT2D eigenvalue weighted by molar-refractivity contribution is 0.101. The number of nitrogens with zero attached hydrogens (tertiary/aromatic N) is 2. The molecule has 0 radical (unpaired) electrons. The van der Waals surface area contributed by atoms with Crippen LogP contribution in [0.3, 0.4) is 0 Å². The number of hydrogen-bond acceptors (Lipinski definition) is 3. The molecule has 1 aromatic carbocycles. The van der Waals surface area contributed by atoms with E-state index in [9.17, 15) is 4.79 Å². The molecular weight excluding hydrogens is 260 g/mol. The van der Waals surface area contributed by atoms with Crippen molar-refractivity contribution in [2.75, 3.05) is 0 Å². The number of aliphatic imine (C=N–C) groups is 1. The molecule has 2 rings (SSSR count). The zero-order chi connectivity index (χ0) is 15.2. The third-order valence-electron chi connectivity index (χ3n) is 3.25. The summed E-state index contributed by atoms with van der Waals surface area (Å²) in [6, 6.07) is 13.7. The van der Waals surface area contributed by atoms with Gasteiger partial charge in [-0.25, -0.2) is 4.98 Å². The molecule has 0 aliphatic carbocycles. The van der Waals surface area contributed by atoms with Gasteiger partial charge < -0.3 is 0 Å². The lowest BCUT2D eigenvalue weighted by Crippen LogP contribution is -2.04. The first kappa shape index (κ1) is 15.1. The van der Waals surface area contributed by atoms with Crippen LogP contribution in [0.1, 0.15) is 48.9 Å². The maximum atomic E-state index is 11.4. The Balaban J connectivity index is 2.24. The Hall–Kier alpha value is -2.29. The number of hydrogen-bond donors (Lipinski definition) is 0. The average molecular weight is 280 g/mol. The Morgan fingerprint density at radius 1 is 1.05 bits per heavy atom. The smallest absolute Gasteiger partial charge is 0.178 e. The first-order valence-electron chi connectivity index (χ1n) is 7.22. The number of aromatic nitrogens is 1. The summed E-state index contributed by atoms with van der Waals surface area (Å²) < 4.78 is 0. The van der Waals surface area contributed by atoms with Crippen LogP contribution >= 0.6 is 0 Å². The van der Waals surface area contributed by atoms with E-state index in [1.165, 1.54) is 12.5 Å². The van der Waals surface area contributed by atoms with E-state index in [-0.39, 0.29) is 5.78 Å². The van der Waals surface area contributed by atoms with Gasteiger partial charge in [0.2, 0.25) is 0 Å². The second-order valence-electron chi connectivity index (χ2n) is 5.08. The standard InChI is InChI=1S/C18H20N2O/c1-4-6-15-9-11-16(12-10-15)19-13(2)17-7-5-8-18(20-17)14(3)21/h5,7-12H,4,6H2,1-3H3. The summed E-state index contributed by atoms with van der Waals surface area (Å²) in [5.41, 5.74) is 4.25. The highest BCUT2D eigenvalue weighted by atomic mass is 16.1. The van der Waals surface area contributed by atoms with Crippen LogP contribution in [0.2, 0.25) is 0 Å². The fourth-order valence-electron chi connectivity index (χ4n) is 2.11. The van der Waals surface area contributed by atoms with Gasteiger partial charge in [-0.15, -0.1) is 0 Å². The SMILES string of the molecule is CCCc1ccc(N=C(C)c2cccc(C(C)=O)n2)cc1. The molecular formula is C18H20N2O. The molecule has 3 heteroatoms. The zero-order valence-corrected chi connectivity index (χ0v) is 12.8. The molecule has 0 aliphatic heterocycles. The topological polar surface area (TPSA) is 42.3 Å². The van der Waals surface area contributed by atoms with E-state index in [1.54, 1.807) is 6.07 Å². The molecule has 0 fully saturated rings. The molecule has 2 aromatic rings. The minimum atomic E-state index is -0.0337. The van der Waals surface area contributed by atoms with Gasteiger partial charge in [-0.2, -0.15) is 0 Å². The summed E-state index contributed by atoms with van der Waals surface area (Å²) in [4.78, 5) is 20.3. The molecule has 3 nitrogen and oxygen atoms in total. The fraction of sp³-hybridized carbons (Fsp3) is 0.278. The van der Waals surface area contributed by atoms with Crippen LogP contribution in [-0.2, 0) is 6.42 Å². The maximum absolute atomic E-state index is 11.4. The number of carbonyl (C=O) groups excluding carboxylic acids is 1. The largest absolute Gasteiger partial charge is 0.293 e. The quantitative estimate of drug-likeness (QED) is 0.602. The Morgan fingerprint density at radius 2 is 1.71 bits per heavy atom. The van der Waals surface area contributed by atoms with Gasteiger partial charge in [-0.3, -0.25) is 9.79 Å². The van der Waals surface area contributed by atoms with Crippen LogP contribution < -0.4 is 0 Å². The summed E-state index contributed by atoms with van der Waals surface area (Å²) in [6.45, 7) is 5.60. The van der Waals surface area contributed by atoms with E-state index in [4.69, 9.17) is 0 Å². The third-order valence-corrected chi connectivity index (χ3v) is 3.25. The summed E-state index contributed by atoms with van der Waals surface area (Å²) in [5, 5.41) is 0. The molecule has 1 aromatic heterocycles. The number of carbonyl (C=O) groups is 1. The molecule has 0 spiro atoms. The summed E-state index contributed by atoms with van der Waals surface area (Å²) in [7, 11) is 0. The van der Waals surface area contributed by atoms with Crippen molar-refractivity contribution >= 4 is 17.2 Å². The lowest BCUT2D eigenvalue weighted by Gasteiger charge is -2.03. The van der Waals surface area contributed by atoms with Crippen LogP contribution in [0.4, 0.5) is 5.69 Å². The monoisotopic (exact) mass is 280 g/mol. The lowest BCUT2D eigenvalue weighted by atomic mass is 10.1. The highest BCUT2D eigenvalue weighted by Gasteiger charge is 2.04. The van der Waals surface area contributed by atoms with E-state index in [0.29, 0.717) is 5.69 Å². The number of Topliss-reactive ketones (excluding diaryl/α,β-unsaturated/α-hetero) is 1. The van der Waals surface area contributed by atoms with E-state index < -0.39 is 0 Å². The molecule has 0 atom stereocenters.